The lowest BCUT2D eigenvalue weighted by atomic mass is 9.98. The first-order valence-electron chi connectivity index (χ1n) is 8.37. The highest BCUT2D eigenvalue weighted by Crippen LogP contribution is 2.30. The summed E-state index contributed by atoms with van der Waals surface area (Å²) in [5.74, 6) is 0.0427. The highest BCUT2D eigenvalue weighted by Gasteiger charge is 2.35. The highest BCUT2D eigenvalue weighted by molar-refractivity contribution is 7.15. The summed E-state index contributed by atoms with van der Waals surface area (Å²) >= 11 is 1.36. The van der Waals surface area contributed by atoms with Crippen LogP contribution in [0.15, 0.2) is 24.3 Å². The van der Waals surface area contributed by atoms with Gasteiger partial charge in [0.25, 0.3) is 0 Å². The van der Waals surface area contributed by atoms with E-state index < -0.39 is 5.92 Å². The van der Waals surface area contributed by atoms with Gasteiger partial charge < -0.3 is 15.0 Å². The first-order valence-corrected chi connectivity index (χ1v) is 9.19. The van der Waals surface area contributed by atoms with E-state index in [1.807, 2.05) is 32.9 Å². The molecule has 2 amide bonds. The minimum Gasteiger partial charge on any atom is -0.497 e. The number of benzene rings is 1. The topological polar surface area (TPSA) is 84.4 Å². The van der Waals surface area contributed by atoms with Crippen molar-refractivity contribution in [3.8, 4) is 5.75 Å². The first-order chi connectivity index (χ1) is 12.3. The lowest BCUT2D eigenvalue weighted by molar-refractivity contribution is -0.122. The molecule has 1 aromatic heterocycles. The summed E-state index contributed by atoms with van der Waals surface area (Å²) in [5.41, 5.74) is 0.645. The van der Waals surface area contributed by atoms with Crippen LogP contribution >= 0.6 is 11.3 Å². The number of nitrogens with zero attached hydrogens (tertiary/aromatic N) is 3. The molecular formula is C18H22N4O3S. The summed E-state index contributed by atoms with van der Waals surface area (Å²) in [6.07, 6.45) is 0.183. The second-order valence-corrected chi connectivity index (χ2v) is 8.23. The van der Waals surface area contributed by atoms with E-state index in [1.54, 1.807) is 24.1 Å². The van der Waals surface area contributed by atoms with Crippen molar-refractivity contribution in [3.63, 3.8) is 0 Å². The number of rotatable bonds is 4. The van der Waals surface area contributed by atoms with Crippen molar-refractivity contribution in [2.24, 2.45) is 5.92 Å². The molecule has 1 N–H and O–H groups in total. The average Bonchev–Trinajstić information content (AvgIpc) is 3.21. The van der Waals surface area contributed by atoms with Crippen LogP contribution in [0.3, 0.4) is 0 Å². The Morgan fingerprint density at radius 2 is 1.96 bits per heavy atom. The van der Waals surface area contributed by atoms with E-state index in [9.17, 15) is 9.59 Å². The van der Waals surface area contributed by atoms with Gasteiger partial charge in [0.15, 0.2) is 0 Å². The maximum atomic E-state index is 12.5. The fourth-order valence-corrected chi connectivity index (χ4v) is 3.48. The molecule has 3 rings (SSSR count). The van der Waals surface area contributed by atoms with Gasteiger partial charge in [0.05, 0.1) is 13.0 Å². The van der Waals surface area contributed by atoms with Crippen LogP contribution in [0.25, 0.3) is 0 Å². The number of carbonyl (C=O) groups excluding carboxylic acids is 2. The van der Waals surface area contributed by atoms with Crippen molar-refractivity contribution in [3.05, 3.63) is 29.3 Å². The normalized spacial score (nSPS) is 17.5. The number of amides is 2. The fourth-order valence-electron chi connectivity index (χ4n) is 2.68. The number of nitrogens with one attached hydrogen (secondary N) is 1. The molecule has 1 atom stereocenters. The summed E-state index contributed by atoms with van der Waals surface area (Å²) in [7, 11) is 1.59. The molecule has 2 heterocycles. The molecule has 7 nitrogen and oxygen atoms in total. The Kier molecular flexibility index (Phi) is 4.95. The minimum absolute atomic E-state index is 0.0667. The van der Waals surface area contributed by atoms with Crippen LogP contribution in [-0.2, 0) is 15.0 Å². The van der Waals surface area contributed by atoms with Crippen molar-refractivity contribution in [2.45, 2.75) is 32.6 Å². The second kappa shape index (κ2) is 7.03. The fraction of sp³-hybridized carbons (Fsp3) is 0.444. The van der Waals surface area contributed by atoms with E-state index in [-0.39, 0.29) is 23.7 Å². The third-order valence-corrected chi connectivity index (χ3v) is 5.44. The van der Waals surface area contributed by atoms with Crippen molar-refractivity contribution in [2.75, 3.05) is 23.9 Å². The predicted octanol–water partition coefficient (Wildman–Crippen LogP) is 2.84. The Morgan fingerprint density at radius 3 is 2.54 bits per heavy atom. The highest BCUT2D eigenvalue weighted by atomic mass is 32.1. The zero-order chi connectivity index (χ0) is 18.9. The van der Waals surface area contributed by atoms with Gasteiger partial charge in [-0.15, -0.1) is 10.2 Å². The molecule has 1 aliphatic heterocycles. The number of aromatic nitrogens is 2. The molecule has 0 saturated carbocycles. The Labute approximate surface area is 156 Å². The molecule has 2 aromatic rings. The molecule has 1 saturated heterocycles. The smallest absolute Gasteiger partial charge is 0.231 e. The SMILES string of the molecule is COc1ccc(N2C[C@H](C(=O)Nc3nnc(C(C)(C)C)s3)CC2=O)cc1. The van der Waals surface area contributed by atoms with Crippen LogP contribution < -0.4 is 15.0 Å². The number of ether oxygens (including phenoxy) is 1. The number of methoxy groups -OCH3 is 1. The first kappa shape index (κ1) is 18.3. The summed E-state index contributed by atoms with van der Waals surface area (Å²) in [5, 5.41) is 12.3. The number of carbonyl (C=O) groups is 2. The molecule has 0 aliphatic carbocycles. The molecule has 26 heavy (non-hydrogen) atoms. The molecule has 1 aromatic carbocycles. The van der Waals surface area contributed by atoms with Crippen LogP contribution in [0.1, 0.15) is 32.2 Å². The van der Waals surface area contributed by atoms with Gasteiger partial charge in [-0.1, -0.05) is 32.1 Å². The molecule has 0 unspecified atom stereocenters. The van der Waals surface area contributed by atoms with E-state index >= 15 is 0 Å². The minimum atomic E-state index is -0.411. The van der Waals surface area contributed by atoms with Crippen molar-refractivity contribution in [1.29, 1.82) is 0 Å². The molecule has 8 heteroatoms. The summed E-state index contributed by atoms with van der Waals surface area (Å²) < 4.78 is 5.13. The van der Waals surface area contributed by atoms with Crippen LogP contribution in [0.4, 0.5) is 10.8 Å². The Bertz CT molecular complexity index is 811. The third-order valence-electron chi connectivity index (χ3n) is 4.18. The van der Waals surface area contributed by atoms with Gasteiger partial charge >= 0.3 is 0 Å². The zero-order valence-corrected chi connectivity index (χ0v) is 16.1. The molecular weight excluding hydrogens is 352 g/mol. The quantitative estimate of drug-likeness (QED) is 0.890. The van der Waals surface area contributed by atoms with Gasteiger partial charge in [0, 0.05) is 24.1 Å². The van der Waals surface area contributed by atoms with E-state index in [0.717, 1.165) is 16.4 Å². The van der Waals surface area contributed by atoms with Crippen molar-refractivity contribution < 1.29 is 14.3 Å². The number of hydrogen-bond donors (Lipinski definition) is 1. The van der Waals surface area contributed by atoms with E-state index in [2.05, 4.69) is 15.5 Å². The maximum absolute atomic E-state index is 12.5. The van der Waals surface area contributed by atoms with Gasteiger partial charge in [-0.05, 0) is 24.3 Å². The van der Waals surface area contributed by atoms with Crippen LogP contribution in [0, 0.1) is 5.92 Å². The van der Waals surface area contributed by atoms with Gasteiger partial charge in [-0.25, -0.2) is 0 Å². The van der Waals surface area contributed by atoms with Crippen LogP contribution in [-0.4, -0.2) is 35.7 Å². The second-order valence-electron chi connectivity index (χ2n) is 7.26. The molecule has 1 aliphatic rings. The van der Waals surface area contributed by atoms with E-state index in [4.69, 9.17) is 4.74 Å². The molecule has 138 valence electrons. The molecule has 1 fully saturated rings. The standard InChI is InChI=1S/C18H22N4O3S/c1-18(2,3)16-20-21-17(26-16)19-15(24)11-9-14(23)22(10-11)12-5-7-13(25-4)8-6-12/h5-8,11H,9-10H2,1-4H3,(H,19,21,24)/t11-/m1/s1. The molecule has 0 spiro atoms. The number of hydrogen-bond acceptors (Lipinski definition) is 6. The molecule has 0 radical (unpaired) electrons. The zero-order valence-electron chi connectivity index (χ0n) is 15.3. The number of anilines is 2. The van der Waals surface area contributed by atoms with Crippen LogP contribution in [0.5, 0.6) is 5.75 Å². The van der Waals surface area contributed by atoms with Crippen molar-refractivity contribution in [1.82, 2.24) is 10.2 Å². The average molecular weight is 374 g/mol. The Morgan fingerprint density at radius 1 is 1.27 bits per heavy atom. The molecule has 0 bridgehead atoms. The summed E-state index contributed by atoms with van der Waals surface area (Å²) in [4.78, 5) is 26.5. The predicted molar refractivity (Wildman–Crippen MR) is 101 cm³/mol. The summed E-state index contributed by atoms with van der Waals surface area (Å²) in [6, 6.07) is 7.23. The lowest BCUT2D eigenvalue weighted by Gasteiger charge is -2.16. The van der Waals surface area contributed by atoms with Gasteiger partial charge in [0.1, 0.15) is 10.8 Å². The lowest BCUT2D eigenvalue weighted by Crippen LogP contribution is -2.28. The van der Waals surface area contributed by atoms with E-state index in [1.165, 1.54) is 11.3 Å². The van der Waals surface area contributed by atoms with Gasteiger partial charge in [0.2, 0.25) is 16.9 Å². The third kappa shape index (κ3) is 3.85. The monoisotopic (exact) mass is 374 g/mol. The Hall–Kier alpha value is -2.48. The van der Waals surface area contributed by atoms with Crippen molar-refractivity contribution >= 4 is 34.0 Å². The van der Waals surface area contributed by atoms with Gasteiger partial charge in [-0.2, -0.15) is 0 Å². The Balaban J connectivity index is 1.65. The largest absolute Gasteiger partial charge is 0.497 e. The van der Waals surface area contributed by atoms with E-state index in [0.29, 0.717) is 11.7 Å². The van der Waals surface area contributed by atoms with Crippen LogP contribution in [0.2, 0.25) is 0 Å². The maximum Gasteiger partial charge on any atom is 0.231 e. The van der Waals surface area contributed by atoms with Gasteiger partial charge in [-0.3, -0.25) is 9.59 Å². The summed E-state index contributed by atoms with van der Waals surface area (Å²) in [6.45, 7) is 6.48.